The van der Waals surface area contributed by atoms with Crippen molar-refractivity contribution in [3.8, 4) is 17.6 Å². The molecular weight excluding hydrogens is 512 g/mol. The number of nitrogens with zero attached hydrogens (tertiary/aromatic N) is 3. The average Bonchev–Trinajstić information content (AvgIpc) is 3.53. The van der Waals surface area contributed by atoms with Crippen LogP contribution in [-0.4, -0.2) is 60.5 Å². The fourth-order valence-corrected chi connectivity index (χ4v) is 9.12. The topological polar surface area (TPSA) is 81.6 Å². The summed E-state index contributed by atoms with van der Waals surface area (Å²) in [5.74, 6) is 2.17. The molecule has 210 valence electrons. The van der Waals surface area contributed by atoms with Gasteiger partial charge in [-0.3, -0.25) is 4.79 Å². The minimum absolute atomic E-state index is 0.0332. The van der Waals surface area contributed by atoms with E-state index in [0.717, 1.165) is 54.1 Å². The second-order valence-corrected chi connectivity index (χ2v) is 12.9. The summed E-state index contributed by atoms with van der Waals surface area (Å²) in [7, 11) is 3.98. The van der Waals surface area contributed by atoms with Crippen molar-refractivity contribution in [3.05, 3.63) is 81.7 Å². The molecule has 2 aliphatic carbocycles. The highest BCUT2D eigenvalue weighted by Crippen LogP contribution is 2.67. The van der Waals surface area contributed by atoms with Gasteiger partial charge in [-0.2, -0.15) is 5.26 Å². The van der Waals surface area contributed by atoms with E-state index < -0.39 is 5.41 Å². The number of fused-ring (bicyclic) bond motifs is 2. The number of ether oxygens (including phenoxy) is 2. The Morgan fingerprint density at radius 3 is 2.61 bits per heavy atom. The molecule has 0 radical (unpaired) electrons. The molecule has 8 rings (SSSR count). The van der Waals surface area contributed by atoms with Gasteiger partial charge < -0.3 is 24.3 Å². The SMILES string of the molecule is COc1ccc2c3c1O[C@H]1c4[nH]c(C(=O)N5CCC(C#N)(c6ccccc6)CC5)c(C)c4C[C@H]4[C@H](C2)N(C)CCC314. The van der Waals surface area contributed by atoms with Gasteiger partial charge in [-0.1, -0.05) is 36.4 Å². The third-order valence-corrected chi connectivity index (χ3v) is 11.4. The number of carbonyl (C=O) groups excluding carboxylic acids is 1. The number of nitrogens with one attached hydrogen (secondary N) is 1. The Kier molecular flexibility index (Phi) is 5.26. The van der Waals surface area contributed by atoms with Crippen molar-refractivity contribution in [3.63, 3.8) is 0 Å². The van der Waals surface area contributed by atoms with Crippen molar-refractivity contribution in [2.75, 3.05) is 33.8 Å². The molecule has 7 heteroatoms. The van der Waals surface area contributed by atoms with Crippen molar-refractivity contribution < 1.29 is 14.3 Å². The summed E-state index contributed by atoms with van der Waals surface area (Å²) in [6.45, 7) is 4.27. The number of hydrogen-bond donors (Lipinski definition) is 1. The quantitative estimate of drug-likeness (QED) is 0.507. The minimum atomic E-state index is -0.541. The number of benzene rings is 2. The Labute approximate surface area is 241 Å². The lowest BCUT2D eigenvalue weighted by atomic mass is 9.51. The maximum atomic E-state index is 14.1. The zero-order valence-corrected chi connectivity index (χ0v) is 24.0. The second-order valence-electron chi connectivity index (χ2n) is 12.9. The first-order valence-corrected chi connectivity index (χ1v) is 15.0. The third-order valence-electron chi connectivity index (χ3n) is 11.4. The van der Waals surface area contributed by atoms with Gasteiger partial charge in [0, 0.05) is 30.1 Å². The average molecular weight is 549 g/mol. The molecule has 3 aromatic rings. The zero-order chi connectivity index (χ0) is 28.1. The van der Waals surface area contributed by atoms with Gasteiger partial charge >= 0.3 is 0 Å². The minimum Gasteiger partial charge on any atom is -0.493 e. The van der Waals surface area contributed by atoms with Gasteiger partial charge in [0.2, 0.25) is 0 Å². The predicted octanol–water partition coefficient (Wildman–Crippen LogP) is 4.83. The molecule has 1 aromatic heterocycles. The molecule has 2 bridgehead atoms. The number of likely N-dealkylation sites (N-methyl/N-ethyl adjacent to an activating group) is 1. The lowest BCUT2D eigenvalue weighted by molar-refractivity contribution is -0.0256. The maximum absolute atomic E-state index is 14.1. The van der Waals surface area contributed by atoms with E-state index in [2.05, 4.69) is 42.1 Å². The normalized spacial score (nSPS) is 28.7. The zero-order valence-electron chi connectivity index (χ0n) is 24.0. The van der Waals surface area contributed by atoms with Crippen LogP contribution in [0.25, 0.3) is 0 Å². The molecule has 3 aliphatic heterocycles. The van der Waals surface area contributed by atoms with Gasteiger partial charge in [-0.15, -0.1) is 0 Å². The fraction of sp³-hybridized carbons (Fsp3) is 0.471. The van der Waals surface area contributed by atoms with Gasteiger partial charge in [0.05, 0.1) is 24.3 Å². The lowest BCUT2D eigenvalue weighted by Crippen LogP contribution is -2.62. The maximum Gasteiger partial charge on any atom is 0.270 e. The van der Waals surface area contributed by atoms with Crippen LogP contribution in [0.4, 0.5) is 0 Å². The number of aromatic amines is 1. The second kappa shape index (κ2) is 8.62. The van der Waals surface area contributed by atoms with Crippen LogP contribution < -0.4 is 9.47 Å². The Morgan fingerprint density at radius 2 is 1.88 bits per heavy atom. The Balaban J connectivity index is 1.16. The number of piperidine rings is 2. The van der Waals surface area contributed by atoms with Crippen LogP contribution in [0.2, 0.25) is 0 Å². The van der Waals surface area contributed by atoms with Crippen molar-refractivity contribution in [2.24, 2.45) is 5.92 Å². The number of carbonyl (C=O) groups is 1. The lowest BCUT2D eigenvalue weighted by Gasteiger charge is -2.57. The highest BCUT2D eigenvalue weighted by Gasteiger charge is 2.65. The molecular formula is C34H36N4O3. The highest BCUT2D eigenvalue weighted by atomic mass is 16.5. The van der Waals surface area contributed by atoms with Crippen molar-refractivity contribution >= 4 is 5.91 Å². The van der Waals surface area contributed by atoms with Gasteiger partial charge in [-0.05, 0) is 86.9 Å². The Bertz CT molecular complexity index is 1610. The summed E-state index contributed by atoms with van der Waals surface area (Å²) >= 11 is 0. The van der Waals surface area contributed by atoms with Crippen LogP contribution in [-0.2, 0) is 23.7 Å². The van der Waals surface area contributed by atoms with E-state index in [-0.39, 0.29) is 17.4 Å². The smallest absolute Gasteiger partial charge is 0.270 e. The molecule has 2 aromatic carbocycles. The van der Waals surface area contributed by atoms with Gasteiger partial charge in [-0.25, -0.2) is 0 Å². The summed E-state index contributed by atoms with van der Waals surface area (Å²) in [6.07, 6.45) is 4.13. The summed E-state index contributed by atoms with van der Waals surface area (Å²) < 4.78 is 12.7. The first-order valence-electron chi connectivity index (χ1n) is 15.0. The van der Waals surface area contributed by atoms with E-state index in [0.29, 0.717) is 43.6 Å². The molecule has 1 unspecified atom stereocenters. The van der Waals surface area contributed by atoms with Crippen molar-refractivity contribution in [2.45, 2.75) is 62.0 Å². The van der Waals surface area contributed by atoms with Crippen LogP contribution in [0.5, 0.6) is 11.5 Å². The number of hydrogen-bond acceptors (Lipinski definition) is 5. The first-order chi connectivity index (χ1) is 19.9. The van der Waals surface area contributed by atoms with Crippen LogP contribution in [0.3, 0.4) is 0 Å². The largest absolute Gasteiger partial charge is 0.493 e. The molecule has 4 atom stereocenters. The van der Waals surface area contributed by atoms with Crippen LogP contribution >= 0.6 is 0 Å². The van der Waals surface area contributed by atoms with Crippen LogP contribution in [0.15, 0.2) is 42.5 Å². The summed E-state index contributed by atoms with van der Waals surface area (Å²) in [5, 5.41) is 10.1. The Hall–Kier alpha value is -3.76. The van der Waals surface area contributed by atoms with E-state index in [1.165, 1.54) is 16.7 Å². The van der Waals surface area contributed by atoms with E-state index >= 15 is 0 Å². The van der Waals surface area contributed by atoms with E-state index in [1.54, 1.807) is 7.11 Å². The van der Waals surface area contributed by atoms with E-state index in [4.69, 9.17) is 9.47 Å². The summed E-state index contributed by atoms with van der Waals surface area (Å²) in [5.41, 5.74) is 7.20. The molecule has 0 saturated carbocycles. The van der Waals surface area contributed by atoms with Crippen molar-refractivity contribution in [1.29, 1.82) is 5.26 Å². The number of likely N-dealkylation sites (tertiary alicyclic amines) is 2. The third kappa shape index (κ3) is 3.14. The van der Waals surface area contributed by atoms with Gasteiger partial charge in [0.15, 0.2) is 11.5 Å². The first kappa shape index (κ1) is 25.0. The van der Waals surface area contributed by atoms with Crippen LogP contribution in [0, 0.1) is 24.2 Å². The molecule has 4 heterocycles. The number of amides is 1. The fourth-order valence-electron chi connectivity index (χ4n) is 9.12. The highest BCUT2D eigenvalue weighted by molar-refractivity contribution is 5.95. The molecule has 7 nitrogen and oxygen atoms in total. The number of nitriles is 1. The van der Waals surface area contributed by atoms with Gasteiger partial charge in [0.1, 0.15) is 11.8 Å². The molecule has 1 spiro atoms. The molecule has 1 N–H and O–H groups in total. The van der Waals surface area contributed by atoms with Crippen molar-refractivity contribution in [1.82, 2.24) is 14.8 Å². The van der Waals surface area contributed by atoms with Gasteiger partial charge in [0.25, 0.3) is 5.91 Å². The number of aromatic nitrogens is 1. The number of methoxy groups -OCH3 is 1. The van der Waals surface area contributed by atoms with E-state index in [9.17, 15) is 10.1 Å². The number of rotatable bonds is 3. The monoisotopic (exact) mass is 548 g/mol. The van der Waals surface area contributed by atoms with E-state index in [1.807, 2.05) is 35.2 Å². The number of H-pyrrole nitrogens is 1. The summed E-state index contributed by atoms with van der Waals surface area (Å²) in [4.78, 5) is 22.2. The summed E-state index contributed by atoms with van der Waals surface area (Å²) in [6, 6.07) is 17.4. The molecule has 2 saturated heterocycles. The van der Waals surface area contributed by atoms with Crippen LogP contribution in [0.1, 0.15) is 69.4 Å². The predicted molar refractivity (Wildman–Crippen MR) is 154 cm³/mol. The Morgan fingerprint density at radius 1 is 1.10 bits per heavy atom. The molecule has 41 heavy (non-hydrogen) atoms. The molecule has 2 fully saturated rings. The molecule has 1 amide bonds. The molecule has 5 aliphatic rings. The standard InChI is InChI=1S/C34H36N4O3/c1-20-23-18-24-25-17-21-9-10-26(40-3)30-27(21)34(24,13-14-37(25)2)31(41-30)29(23)36-28(20)32(39)38-15-11-33(19-35,12-16-38)22-7-5-4-6-8-22/h4-10,24-25,31,36H,11-18H2,1-3H3/t24-,25-,31-,34?/m0/s1.